The first-order chi connectivity index (χ1) is 7.26. The van der Waals surface area contributed by atoms with Gasteiger partial charge in [0.1, 0.15) is 5.75 Å². The van der Waals surface area contributed by atoms with E-state index in [-0.39, 0.29) is 0 Å². The monoisotopic (exact) mass is 221 g/mol. The fraction of sp³-hybridized carbons (Fsp3) is 0.250. The lowest BCUT2D eigenvalue weighted by atomic mass is 10.1. The number of nitrogens with zero attached hydrogens (tertiary/aromatic N) is 1. The Kier molecular flexibility index (Phi) is 2.78. The van der Waals surface area contributed by atoms with Crippen molar-refractivity contribution in [3.8, 4) is 5.75 Å². The molecule has 0 saturated heterocycles. The number of halogens is 1. The number of benzene rings is 1. The summed E-state index contributed by atoms with van der Waals surface area (Å²) >= 11 is 6.03. The number of aryl methyl sites for hydroxylation is 1. The van der Waals surface area contributed by atoms with Crippen LogP contribution in [0.15, 0.2) is 24.4 Å². The van der Waals surface area contributed by atoms with Gasteiger partial charge in [0.15, 0.2) is 0 Å². The van der Waals surface area contributed by atoms with Gasteiger partial charge in [0.2, 0.25) is 0 Å². The molecule has 0 atom stereocenters. The first-order valence-electron chi connectivity index (χ1n) is 4.87. The summed E-state index contributed by atoms with van der Waals surface area (Å²) in [5.74, 6) is 0.701. The van der Waals surface area contributed by atoms with E-state index in [1.54, 1.807) is 7.11 Å². The maximum absolute atomic E-state index is 6.03. The van der Waals surface area contributed by atoms with Gasteiger partial charge in [0, 0.05) is 11.6 Å². The van der Waals surface area contributed by atoms with Gasteiger partial charge in [-0.2, -0.15) is 0 Å². The van der Waals surface area contributed by atoms with Gasteiger partial charge in [-0.1, -0.05) is 18.5 Å². The summed E-state index contributed by atoms with van der Waals surface area (Å²) in [5, 5.41) is 1.71. The van der Waals surface area contributed by atoms with Gasteiger partial charge in [-0.15, -0.1) is 0 Å². The summed E-state index contributed by atoms with van der Waals surface area (Å²) in [6.07, 6.45) is 2.79. The molecule has 15 heavy (non-hydrogen) atoms. The quantitative estimate of drug-likeness (QED) is 0.775. The van der Waals surface area contributed by atoms with E-state index in [0.717, 1.165) is 17.3 Å². The first kappa shape index (κ1) is 10.2. The van der Waals surface area contributed by atoms with Crippen LogP contribution in [-0.2, 0) is 6.42 Å². The van der Waals surface area contributed by atoms with E-state index in [2.05, 4.69) is 11.9 Å². The molecule has 0 N–H and O–H groups in total. The van der Waals surface area contributed by atoms with Gasteiger partial charge in [-0.3, -0.25) is 4.98 Å². The second-order valence-electron chi connectivity index (χ2n) is 3.33. The van der Waals surface area contributed by atoms with Crippen molar-refractivity contribution in [2.45, 2.75) is 13.3 Å². The van der Waals surface area contributed by atoms with Crippen LogP contribution in [0.3, 0.4) is 0 Å². The number of hydrogen-bond acceptors (Lipinski definition) is 2. The Morgan fingerprint density at radius 2 is 2.20 bits per heavy atom. The normalized spacial score (nSPS) is 10.6. The predicted octanol–water partition coefficient (Wildman–Crippen LogP) is 3.46. The highest BCUT2D eigenvalue weighted by Crippen LogP contribution is 2.30. The smallest absolute Gasteiger partial charge is 0.138 e. The zero-order valence-electron chi connectivity index (χ0n) is 8.75. The highest BCUT2D eigenvalue weighted by atomic mass is 35.5. The third kappa shape index (κ3) is 1.77. The molecule has 0 fully saturated rings. The summed E-state index contributed by atoms with van der Waals surface area (Å²) in [5.41, 5.74) is 2.18. The number of ether oxygens (including phenoxy) is 1. The van der Waals surface area contributed by atoms with Crippen LogP contribution in [0.5, 0.6) is 5.75 Å². The SMILES string of the molecule is CCc1ccnc2cc(Cl)c(OC)cc12. The van der Waals surface area contributed by atoms with E-state index < -0.39 is 0 Å². The predicted molar refractivity (Wildman–Crippen MR) is 62.7 cm³/mol. The topological polar surface area (TPSA) is 22.1 Å². The first-order valence-corrected chi connectivity index (χ1v) is 5.25. The zero-order chi connectivity index (χ0) is 10.8. The van der Waals surface area contributed by atoms with E-state index in [1.807, 2.05) is 24.4 Å². The molecule has 2 rings (SSSR count). The van der Waals surface area contributed by atoms with Crippen LogP contribution in [-0.4, -0.2) is 12.1 Å². The lowest BCUT2D eigenvalue weighted by molar-refractivity contribution is 0.415. The van der Waals surface area contributed by atoms with Crippen molar-refractivity contribution in [2.24, 2.45) is 0 Å². The summed E-state index contributed by atoms with van der Waals surface area (Å²) in [4.78, 5) is 4.29. The largest absolute Gasteiger partial charge is 0.495 e. The summed E-state index contributed by atoms with van der Waals surface area (Å²) in [7, 11) is 1.62. The molecule has 0 aliphatic rings. The molecule has 1 heterocycles. The fourth-order valence-corrected chi connectivity index (χ4v) is 1.90. The van der Waals surface area contributed by atoms with Crippen molar-refractivity contribution in [1.82, 2.24) is 4.98 Å². The Bertz CT molecular complexity index is 496. The van der Waals surface area contributed by atoms with E-state index in [4.69, 9.17) is 16.3 Å². The average Bonchev–Trinajstić information content (AvgIpc) is 2.27. The second-order valence-corrected chi connectivity index (χ2v) is 3.73. The Morgan fingerprint density at radius 3 is 2.87 bits per heavy atom. The van der Waals surface area contributed by atoms with Gasteiger partial charge < -0.3 is 4.74 Å². The summed E-state index contributed by atoms with van der Waals surface area (Å²) < 4.78 is 5.19. The highest BCUT2D eigenvalue weighted by molar-refractivity contribution is 6.32. The van der Waals surface area contributed by atoms with E-state index in [1.165, 1.54) is 5.56 Å². The number of rotatable bonds is 2. The molecule has 0 amide bonds. The minimum atomic E-state index is 0.603. The molecule has 2 aromatic rings. The van der Waals surface area contributed by atoms with Crippen LogP contribution < -0.4 is 4.74 Å². The Balaban J connectivity index is 2.76. The second kappa shape index (κ2) is 4.07. The van der Waals surface area contributed by atoms with Crippen molar-refractivity contribution < 1.29 is 4.74 Å². The Labute approximate surface area is 93.8 Å². The Morgan fingerprint density at radius 1 is 1.40 bits per heavy atom. The molecular formula is C12H12ClNO. The molecular weight excluding hydrogens is 210 g/mol. The summed E-state index contributed by atoms with van der Waals surface area (Å²) in [6.45, 7) is 2.12. The van der Waals surface area contributed by atoms with Crippen LogP contribution in [0.2, 0.25) is 5.02 Å². The lowest BCUT2D eigenvalue weighted by Crippen LogP contribution is -1.90. The maximum Gasteiger partial charge on any atom is 0.138 e. The number of pyridine rings is 1. The molecule has 0 unspecified atom stereocenters. The molecule has 0 saturated carbocycles. The maximum atomic E-state index is 6.03. The van der Waals surface area contributed by atoms with Crippen LogP contribution in [0.4, 0.5) is 0 Å². The number of methoxy groups -OCH3 is 1. The van der Waals surface area contributed by atoms with Crippen molar-refractivity contribution >= 4 is 22.5 Å². The molecule has 0 aliphatic carbocycles. The molecule has 0 bridgehead atoms. The van der Waals surface area contributed by atoms with E-state index in [0.29, 0.717) is 10.8 Å². The summed E-state index contributed by atoms with van der Waals surface area (Å²) in [6, 6.07) is 5.81. The van der Waals surface area contributed by atoms with E-state index >= 15 is 0 Å². The van der Waals surface area contributed by atoms with Gasteiger partial charge in [-0.05, 0) is 30.2 Å². The fourth-order valence-electron chi connectivity index (χ4n) is 1.67. The molecule has 0 aliphatic heterocycles. The number of hydrogen-bond donors (Lipinski definition) is 0. The van der Waals surface area contributed by atoms with E-state index in [9.17, 15) is 0 Å². The minimum Gasteiger partial charge on any atom is -0.495 e. The molecule has 1 aromatic carbocycles. The van der Waals surface area contributed by atoms with Crippen LogP contribution in [0.25, 0.3) is 10.9 Å². The van der Waals surface area contributed by atoms with Crippen molar-refractivity contribution in [3.05, 3.63) is 35.0 Å². The third-order valence-electron chi connectivity index (χ3n) is 2.49. The Hall–Kier alpha value is -1.28. The zero-order valence-corrected chi connectivity index (χ0v) is 9.51. The molecule has 78 valence electrons. The highest BCUT2D eigenvalue weighted by Gasteiger charge is 2.06. The lowest BCUT2D eigenvalue weighted by Gasteiger charge is -2.07. The molecule has 0 spiro atoms. The van der Waals surface area contributed by atoms with Crippen LogP contribution in [0.1, 0.15) is 12.5 Å². The molecule has 2 nitrogen and oxygen atoms in total. The van der Waals surface area contributed by atoms with Gasteiger partial charge in [-0.25, -0.2) is 0 Å². The third-order valence-corrected chi connectivity index (χ3v) is 2.78. The number of aromatic nitrogens is 1. The average molecular weight is 222 g/mol. The van der Waals surface area contributed by atoms with Crippen molar-refractivity contribution in [3.63, 3.8) is 0 Å². The van der Waals surface area contributed by atoms with Crippen molar-refractivity contribution in [2.75, 3.05) is 7.11 Å². The number of fused-ring (bicyclic) bond motifs is 1. The van der Waals surface area contributed by atoms with Crippen molar-refractivity contribution in [1.29, 1.82) is 0 Å². The van der Waals surface area contributed by atoms with Gasteiger partial charge in [0.05, 0.1) is 17.6 Å². The standard InChI is InChI=1S/C12H12ClNO/c1-3-8-4-5-14-11-7-10(13)12(15-2)6-9(8)11/h4-7H,3H2,1-2H3. The molecule has 0 radical (unpaired) electrons. The van der Waals surface area contributed by atoms with Gasteiger partial charge >= 0.3 is 0 Å². The van der Waals surface area contributed by atoms with Crippen LogP contribution >= 0.6 is 11.6 Å². The molecule has 1 aromatic heterocycles. The molecule has 3 heteroatoms. The van der Waals surface area contributed by atoms with Gasteiger partial charge in [0.25, 0.3) is 0 Å². The minimum absolute atomic E-state index is 0.603. The van der Waals surface area contributed by atoms with Crippen LogP contribution in [0, 0.1) is 0 Å².